The van der Waals surface area contributed by atoms with Crippen molar-refractivity contribution in [3.63, 3.8) is 0 Å². The van der Waals surface area contributed by atoms with E-state index in [1.807, 2.05) is 16.9 Å². The Labute approximate surface area is 334 Å². The standard InChI is InChI=1S/C37H45Cl2FN6O9S/c1-37(2,3)55-35(50)42-27(13-8-6-4-5-7-10-21-16-24(21)33(48)44-56(52,53)29-14-15-30(38)43-31(29)39)34(49)46-19-23(17-28(46)32(41)47)54-36(51)45-18-22-11-9-12-26(40)25(22)20-45/h7,9-12,14-15,21,23-24,27-28H,4-6,8,13,16-20H2,1-3H3,(H2,41,47)(H,42,50)(H,44,48)/b10-7-/t21-,23-,24+,27+,28+/m1/s1. The van der Waals surface area contributed by atoms with Gasteiger partial charge in [0.25, 0.3) is 10.0 Å². The summed E-state index contributed by atoms with van der Waals surface area (Å²) >= 11 is 11.6. The molecule has 19 heteroatoms. The largest absolute Gasteiger partial charge is 0.444 e. The van der Waals surface area contributed by atoms with Gasteiger partial charge in [0.15, 0.2) is 5.15 Å². The Morgan fingerprint density at radius 2 is 1.82 bits per heavy atom. The minimum absolute atomic E-state index is 0.0139. The number of carbonyl (C=O) groups excluding carboxylic acids is 5. The van der Waals surface area contributed by atoms with Gasteiger partial charge >= 0.3 is 12.2 Å². The molecule has 0 radical (unpaired) electrons. The van der Waals surface area contributed by atoms with Crippen LogP contribution in [0.2, 0.25) is 10.3 Å². The molecule has 1 aliphatic carbocycles. The predicted octanol–water partition coefficient (Wildman–Crippen LogP) is 4.98. The molecule has 304 valence electrons. The summed E-state index contributed by atoms with van der Waals surface area (Å²) in [7, 11) is -4.23. The number of pyridine rings is 1. The summed E-state index contributed by atoms with van der Waals surface area (Å²) in [5, 5.41) is 2.30. The Morgan fingerprint density at radius 3 is 2.50 bits per heavy atom. The number of alkyl carbamates (subject to hydrolysis) is 1. The molecule has 4 N–H and O–H groups in total. The fraction of sp³-hybridized carbons (Fsp3) is 0.514. The molecule has 5 rings (SSSR count). The van der Waals surface area contributed by atoms with Gasteiger partial charge in [0, 0.05) is 24.4 Å². The van der Waals surface area contributed by atoms with Gasteiger partial charge in [0.2, 0.25) is 17.7 Å². The van der Waals surface area contributed by atoms with Gasteiger partial charge in [-0.15, -0.1) is 0 Å². The molecule has 3 heterocycles. The molecule has 2 aliphatic heterocycles. The van der Waals surface area contributed by atoms with E-state index in [1.54, 1.807) is 32.9 Å². The summed E-state index contributed by atoms with van der Waals surface area (Å²) in [5.74, 6) is -3.07. The summed E-state index contributed by atoms with van der Waals surface area (Å²) < 4.78 is 52.6. The molecular weight excluding hydrogens is 794 g/mol. The number of halogens is 3. The highest BCUT2D eigenvalue weighted by atomic mass is 35.5. The molecule has 1 aromatic heterocycles. The lowest BCUT2D eigenvalue weighted by atomic mass is 10.0. The Kier molecular flexibility index (Phi) is 13.5. The van der Waals surface area contributed by atoms with Gasteiger partial charge in [-0.2, -0.15) is 0 Å². The number of allylic oxidation sites excluding steroid dienone is 2. The number of nitrogens with one attached hydrogen (secondary N) is 2. The number of amides is 5. The van der Waals surface area contributed by atoms with E-state index in [2.05, 4.69) is 10.3 Å². The minimum Gasteiger partial charge on any atom is -0.444 e. The maximum Gasteiger partial charge on any atom is 0.410 e. The summed E-state index contributed by atoms with van der Waals surface area (Å²) in [6.45, 7) is 5.09. The SMILES string of the molecule is CC(C)(C)OC(=O)N[C@@H](CCCCC/C=C\[C@@H]1C[C@@H]1C(=O)NS(=O)(=O)c1ccc(Cl)nc1Cl)C(=O)N1C[C@H](OC(=O)N2Cc3cccc(F)c3C2)C[C@H]1C(N)=O. The lowest BCUT2D eigenvalue weighted by Crippen LogP contribution is -2.53. The first-order valence-corrected chi connectivity index (χ1v) is 20.4. The second kappa shape index (κ2) is 17.8. The van der Waals surface area contributed by atoms with Crippen molar-refractivity contribution < 1.29 is 46.3 Å². The topological polar surface area (TPSA) is 207 Å². The van der Waals surface area contributed by atoms with E-state index in [0.717, 1.165) is 0 Å². The maximum atomic E-state index is 14.3. The first kappa shape index (κ1) is 42.7. The zero-order valence-electron chi connectivity index (χ0n) is 31.1. The zero-order valence-corrected chi connectivity index (χ0v) is 33.5. The summed E-state index contributed by atoms with van der Waals surface area (Å²) in [6.07, 6.45) is 4.54. The van der Waals surface area contributed by atoms with Gasteiger partial charge in [-0.3, -0.25) is 19.3 Å². The Morgan fingerprint density at radius 1 is 1.07 bits per heavy atom. The monoisotopic (exact) mass is 838 g/mol. The number of likely N-dealkylation sites (tertiary alicyclic amines) is 1. The van der Waals surface area contributed by atoms with Crippen LogP contribution in [0.25, 0.3) is 0 Å². The molecule has 5 amide bonds. The fourth-order valence-corrected chi connectivity index (χ4v) is 8.37. The number of unbranched alkanes of at least 4 members (excludes halogenated alkanes) is 3. The van der Waals surface area contributed by atoms with Crippen molar-refractivity contribution >= 4 is 63.1 Å². The van der Waals surface area contributed by atoms with E-state index in [-0.39, 0.29) is 53.6 Å². The smallest absolute Gasteiger partial charge is 0.410 e. The number of primary amides is 1. The molecule has 1 saturated carbocycles. The summed E-state index contributed by atoms with van der Waals surface area (Å²) in [6, 6.07) is 4.87. The molecule has 5 atom stereocenters. The van der Waals surface area contributed by atoms with E-state index in [9.17, 15) is 36.8 Å². The molecule has 2 aromatic rings. The molecule has 0 unspecified atom stereocenters. The second-order valence-corrected chi connectivity index (χ2v) is 17.4. The molecule has 2 fully saturated rings. The predicted molar refractivity (Wildman–Crippen MR) is 202 cm³/mol. The minimum atomic E-state index is -4.23. The van der Waals surface area contributed by atoms with Crippen LogP contribution >= 0.6 is 23.2 Å². The number of nitrogens with two attached hydrogens (primary N) is 1. The van der Waals surface area contributed by atoms with Crippen molar-refractivity contribution in [2.24, 2.45) is 17.6 Å². The Hall–Kier alpha value is -4.48. The van der Waals surface area contributed by atoms with E-state index < -0.39 is 75.5 Å². The normalized spacial score (nSPS) is 21.0. The van der Waals surface area contributed by atoms with Crippen molar-refractivity contribution in [2.75, 3.05) is 6.54 Å². The highest BCUT2D eigenvalue weighted by Gasteiger charge is 2.44. The zero-order chi connectivity index (χ0) is 40.9. The van der Waals surface area contributed by atoms with Crippen molar-refractivity contribution in [1.82, 2.24) is 24.8 Å². The van der Waals surface area contributed by atoms with Gasteiger partial charge in [-0.1, -0.05) is 60.3 Å². The number of benzene rings is 1. The third-order valence-electron chi connectivity index (χ3n) is 9.54. The third-order valence-corrected chi connectivity index (χ3v) is 11.5. The van der Waals surface area contributed by atoms with Gasteiger partial charge in [-0.05, 0) is 76.1 Å². The molecule has 0 bridgehead atoms. The van der Waals surface area contributed by atoms with Crippen molar-refractivity contribution in [3.05, 3.63) is 69.7 Å². The van der Waals surface area contributed by atoms with Crippen LogP contribution in [-0.4, -0.2) is 83.4 Å². The van der Waals surface area contributed by atoms with E-state index >= 15 is 0 Å². The number of hydrogen-bond donors (Lipinski definition) is 3. The van der Waals surface area contributed by atoms with Gasteiger partial charge < -0.3 is 25.4 Å². The van der Waals surface area contributed by atoms with E-state index in [0.29, 0.717) is 43.2 Å². The fourth-order valence-electron chi connectivity index (χ4n) is 6.68. The van der Waals surface area contributed by atoms with Crippen LogP contribution < -0.4 is 15.8 Å². The Balaban J connectivity index is 1.11. The number of sulfonamides is 1. The molecule has 0 spiro atoms. The quantitative estimate of drug-likeness (QED) is 0.132. The van der Waals surface area contributed by atoms with Crippen LogP contribution in [0.5, 0.6) is 0 Å². The molecular formula is C37H45Cl2FN6O9S. The van der Waals surface area contributed by atoms with Crippen molar-refractivity contribution in [2.45, 2.75) is 107 Å². The average Bonchev–Trinajstić information content (AvgIpc) is 3.52. The number of nitrogens with zero attached hydrogens (tertiary/aromatic N) is 3. The lowest BCUT2D eigenvalue weighted by Gasteiger charge is -2.28. The van der Waals surface area contributed by atoms with E-state index in [4.69, 9.17) is 38.4 Å². The van der Waals surface area contributed by atoms with Crippen LogP contribution in [0.1, 0.15) is 76.8 Å². The third kappa shape index (κ3) is 11.1. The molecule has 1 saturated heterocycles. The van der Waals surface area contributed by atoms with Gasteiger partial charge in [-0.25, -0.2) is 32.1 Å². The summed E-state index contributed by atoms with van der Waals surface area (Å²) in [4.78, 5) is 70.8. The molecule has 56 heavy (non-hydrogen) atoms. The van der Waals surface area contributed by atoms with Gasteiger partial charge in [0.1, 0.15) is 39.7 Å². The van der Waals surface area contributed by atoms with Crippen LogP contribution in [0.4, 0.5) is 14.0 Å². The van der Waals surface area contributed by atoms with Gasteiger partial charge in [0.05, 0.1) is 13.1 Å². The maximum absolute atomic E-state index is 14.3. The lowest BCUT2D eigenvalue weighted by molar-refractivity contribution is -0.139. The summed E-state index contributed by atoms with van der Waals surface area (Å²) in [5.41, 5.74) is 5.90. The van der Waals surface area contributed by atoms with Crippen molar-refractivity contribution in [3.8, 4) is 0 Å². The number of hydrogen-bond acceptors (Lipinski definition) is 10. The number of carbonyl (C=O) groups is 5. The number of fused-ring (bicyclic) bond motifs is 1. The van der Waals surface area contributed by atoms with Crippen LogP contribution in [0.15, 0.2) is 47.4 Å². The van der Waals surface area contributed by atoms with E-state index in [1.165, 1.54) is 28.0 Å². The number of aromatic nitrogens is 1. The number of rotatable bonds is 14. The highest BCUT2D eigenvalue weighted by Crippen LogP contribution is 2.40. The Bertz CT molecular complexity index is 2000. The first-order valence-electron chi connectivity index (χ1n) is 18.2. The van der Waals surface area contributed by atoms with Crippen LogP contribution in [-0.2, 0) is 47.0 Å². The average molecular weight is 840 g/mol. The second-order valence-electron chi connectivity index (χ2n) is 15.0. The van der Waals surface area contributed by atoms with Crippen molar-refractivity contribution in [1.29, 1.82) is 0 Å². The number of ether oxygens (including phenoxy) is 2. The first-order chi connectivity index (χ1) is 26.3. The molecule has 3 aliphatic rings. The molecule has 1 aromatic carbocycles. The van der Waals surface area contributed by atoms with Crippen LogP contribution in [0.3, 0.4) is 0 Å². The van der Waals surface area contributed by atoms with Crippen LogP contribution in [0, 0.1) is 17.7 Å². The highest BCUT2D eigenvalue weighted by molar-refractivity contribution is 7.90. The molecule has 15 nitrogen and oxygen atoms in total.